The Morgan fingerprint density at radius 3 is 2.79 bits per heavy atom. The number of rotatable bonds is 5. The highest BCUT2D eigenvalue weighted by molar-refractivity contribution is 9.10. The van der Waals surface area contributed by atoms with E-state index in [9.17, 15) is 8.42 Å². The van der Waals surface area contributed by atoms with Crippen LogP contribution in [-0.4, -0.2) is 19.8 Å². The van der Waals surface area contributed by atoms with Crippen LogP contribution in [-0.2, 0) is 23.1 Å². The summed E-state index contributed by atoms with van der Waals surface area (Å²) >= 11 is 4.65. The third-order valence-electron chi connectivity index (χ3n) is 2.58. The molecule has 2 aromatic rings. The summed E-state index contributed by atoms with van der Waals surface area (Å²) in [6.07, 6.45) is 0. The van der Waals surface area contributed by atoms with Crippen LogP contribution >= 0.6 is 27.3 Å². The van der Waals surface area contributed by atoms with Gasteiger partial charge in [0, 0.05) is 19.7 Å². The SMILES string of the molecule is CN(Cc1ccsc1)S(=O)(=O)c1cc(CN)oc1Br. The number of hydrogen-bond acceptors (Lipinski definition) is 5. The molecule has 0 aromatic carbocycles. The molecular weight excluding hydrogens is 352 g/mol. The summed E-state index contributed by atoms with van der Waals surface area (Å²) < 4.78 is 31.5. The zero-order valence-electron chi connectivity index (χ0n) is 10.2. The third-order valence-corrected chi connectivity index (χ3v) is 5.97. The maximum absolute atomic E-state index is 12.4. The molecule has 0 radical (unpaired) electrons. The van der Waals surface area contributed by atoms with Crippen LogP contribution in [0.3, 0.4) is 0 Å². The van der Waals surface area contributed by atoms with Crippen molar-refractivity contribution in [2.45, 2.75) is 18.0 Å². The average molecular weight is 365 g/mol. The predicted molar refractivity (Wildman–Crippen MR) is 77.3 cm³/mol. The van der Waals surface area contributed by atoms with Gasteiger partial charge in [0.2, 0.25) is 10.0 Å². The minimum atomic E-state index is -3.59. The van der Waals surface area contributed by atoms with E-state index in [0.29, 0.717) is 12.3 Å². The molecule has 2 N–H and O–H groups in total. The zero-order valence-corrected chi connectivity index (χ0v) is 13.4. The fourth-order valence-corrected chi connectivity index (χ4v) is 4.34. The summed E-state index contributed by atoms with van der Waals surface area (Å²) in [6, 6.07) is 3.34. The van der Waals surface area contributed by atoms with Crippen molar-refractivity contribution in [3.8, 4) is 0 Å². The summed E-state index contributed by atoms with van der Waals surface area (Å²) in [4.78, 5) is 0.102. The van der Waals surface area contributed by atoms with Gasteiger partial charge < -0.3 is 10.2 Å². The van der Waals surface area contributed by atoms with Crippen molar-refractivity contribution >= 4 is 37.3 Å². The molecule has 0 amide bonds. The number of nitrogens with two attached hydrogens (primary N) is 1. The molecule has 0 unspecified atom stereocenters. The molecular formula is C11H13BrN2O3S2. The second kappa shape index (κ2) is 5.76. The summed E-state index contributed by atoms with van der Waals surface area (Å²) in [7, 11) is -2.06. The monoisotopic (exact) mass is 364 g/mol. The molecule has 0 aliphatic heterocycles. The first kappa shape index (κ1) is 14.7. The maximum atomic E-state index is 12.4. The van der Waals surface area contributed by atoms with Crippen LogP contribution in [0.25, 0.3) is 0 Å². The first-order chi connectivity index (χ1) is 8.95. The Hall–Kier alpha value is -0.670. The van der Waals surface area contributed by atoms with Crippen molar-refractivity contribution < 1.29 is 12.8 Å². The normalized spacial score (nSPS) is 12.2. The van der Waals surface area contributed by atoms with Crippen LogP contribution in [0.1, 0.15) is 11.3 Å². The smallest absolute Gasteiger partial charge is 0.247 e. The quantitative estimate of drug-likeness (QED) is 0.883. The molecule has 0 fully saturated rings. The van der Waals surface area contributed by atoms with E-state index in [-0.39, 0.29) is 16.1 Å². The van der Waals surface area contributed by atoms with Crippen LogP contribution in [0.5, 0.6) is 0 Å². The van der Waals surface area contributed by atoms with Gasteiger partial charge in [0.15, 0.2) is 4.67 Å². The minimum absolute atomic E-state index is 0.102. The van der Waals surface area contributed by atoms with Crippen LogP contribution in [0, 0.1) is 0 Å². The van der Waals surface area contributed by atoms with Gasteiger partial charge in [-0.15, -0.1) is 0 Å². The standard InChI is InChI=1S/C11H13BrN2O3S2/c1-14(6-8-2-3-18-7-8)19(15,16)10-4-9(5-13)17-11(10)12/h2-4,7H,5-6,13H2,1H3. The van der Waals surface area contributed by atoms with Crippen molar-refractivity contribution in [1.82, 2.24) is 4.31 Å². The van der Waals surface area contributed by atoms with Gasteiger partial charge >= 0.3 is 0 Å². The van der Waals surface area contributed by atoms with Gasteiger partial charge in [-0.05, 0) is 38.3 Å². The van der Waals surface area contributed by atoms with Gasteiger partial charge in [-0.2, -0.15) is 15.6 Å². The fraction of sp³-hybridized carbons (Fsp3) is 0.273. The molecule has 2 rings (SSSR count). The van der Waals surface area contributed by atoms with Gasteiger partial charge in [0.25, 0.3) is 0 Å². The highest BCUT2D eigenvalue weighted by Crippen LogP contribution is 2.28. The molecule has 104 valence electrons. The van der Waals surface area contributed by atoms with E-state index in [1.54, 1.807) is 0 Å². The molecule has 0 aliphatic rings. The van der Waals surface area contributed by atoms with Gasteiger partial charge in [0.05, 0.1) is 6.54 Å². The number of hydrogen-bond donors (Lipinski definition) is 1. The van der Waals surface area contributed by atoms with E-state index >= 15 is 0 Å². The highest BCUT2D eigenvalue weighted by Gasteiger charge is 2.26. The molecule has 0 aliphatic carbocycles. The maximum Gasteiger partial charge on any atom is 0.247 e. The lowest BCUT2D eigenvalue weighted by Gasteiger charge is -2.15. The van der Waals surface area contributed by atoms with E-state index < -0.39 is 10.0 Å². The lowest BCUT2D eigenvalue weighted by atomic mass is 10.3. The van der Waals surface area contributed by atoms with Crippen LogP contribution in [0.15, 0.2) is 36.9 Å². The number of sulfonamides is 1. The molecule has 0 spiro atoms. The fourth-order valence-electron chi connectivity index (χ4n) is 1.57. The van der Waals surface area contributed by atoms with E-state index in [4.69, 9.17) is 10.2 Å². The predicted octanol–water partition coefficient (Wildman–Crippen LogP) is 2.38. The summed E-state index contributed by atoms with van der Waals surface area (Å²) in [5, 5.41) is 3.83. The largest absolute Gasteiger partial charge is 0.452 e. The molecule has 5 nitrogen and oxygen atoms in total. The Labute approximate surface area is 124 Å². The van der Waals surface area contributed by atoms with Gasteiger partial charge in [0.1, 0.15) is 10.7 Å². The first-order valence-electron chi connectivity index (χ1n) is 5.41. The molecule has 2 aromatic heterocycles. The van der Waals surface area contributed by atoms with Crippen LogP contribution in [0.4, 0.5) is 0 Å². The summed E-state index contributed by atoms with van der Waals surface area (Å²) in [5.41, 5.74) is 6.39. The number of halogens is 1. The van der Waals surface area contributed by atoms with Gasteiger partial charge in [-0.1, -0.05) is 0 Å². The second-order valence-corrected chi connectivity index (χ2v) is 7.46. The van der Waals surface area contributed by atoms with Crippen LogP contribution < -0.4 is 5.73 Å². The van der Waals surface area contributed by atoms with E-state index in [1.165, 1.54) is 28.8 Å². The van der Waals surface area contributed by atoms with Gasteiger partial charge in [-0.3, -0.25) is 0 Å². The van der Waals surface area contributed by atoms with Gasteiger partial charge in [-0.25, -0.2) is 8.42 Å². The Morgan fingerprint density at radius 2 is 2.26 bits per heavy atom. The molecule has 8 heteroatoms. The first-order valence-corrected chi connectivity index (χ1v) is 8.58. The molecule has 0 bridgehead atoms. The minimum Gasteiger partial charge on any atom is -0.452 e. The Bertz CT molecular complexity index is 650. The molecule has 0 saturated carbocycles. The lowest BCUT2D eigenvalue weighted by molar-refractivity contribution is 0.458. The average Bonchev–Trinajstić information content (AvgIpc) is 2.98. The van der Waals surface area contributed by atoms with E-state index in [0.717, 1.165) is 5.56 Å². The van der Waals surface area contributed by atoms with E-state index in [1.807, 2.05) is 16.8 Å². The van der Waals surface area contributed by atoms with Crippen molar-refractivity contribution in [3.63, 3.8) is 0 Å². The van der Waals surface area contributed by atoms with E-state index in [2.05, 4.69) is 15.9 Å². The lowest BCUT2D eigenvalue weighted by Crippen LogP contribution is -2.26. The second-order valence-electron chi connectivity index (χ2n) is 3.95. The Morgan fingerprint density at radius 1 is 1.53 bits per heavy atom. The molecule has 19 heavy (non-hydrogen) atoms. The van der Waals surface area contributed by atoms with Crippen molar-refractivity contribution in [3.05, 3.63) is 38.9 Å². The zero-order chi connectivity index (χ0) is 14.0. The molecule has 2 heterocycles. The molecule has 0 saturated heterocycles. The number of furan rings is 1. The number of nitrogens with zero attached hydrogens (tertiary/aromatic N) is 1. The van der Waals surface area contributed by atoms with Crippen LogP contribution in [0.2, 0.25) is 0 Å². The Kier molecular flexibility index (Phi) is 4.46. The van der Waals surface area contributed by atoms with Crippen molar-refractivity contribution in [2.75, 3.05) is 7.05 Å². The third kappa shape index (κ3) is 3.09. The summed E-state index contributed by atoms with van der Waals surface area (Å²) in [6.45, 7) is 0.476. The van der Waals surface area contributed by atoms with Crippen molar-refractivity contribution in [2.24, 2.45) is 5.73 Å². The Balaban J connectivity index is 2.28. The number of thiophene rings is 1. The topological polar surface area (TPSA) is 76.5 Å². The highest BCUT2D eigenvalue weighted by atomic mass is 79.9. The summed E-state index contributed by atoms with van der Waals surface area (Å²) in [5.74, 6) is 0.425. The molecule has 0 atom stereocenters. The van der Waals surface area contributed by atoms with Crippen molar-refractivity contribution in [1.29, 1.82) is 0 Å².